The van der Waals surface area contributed by atoms with Crippen LogP contribution in [-0.4, -0.2) is 70.2 Å². The molecule has 4 heterocycles. The van der Waals surface area contributed by atoms with E-state index in [1.807, 2.05) is 41.1 Å². The van der Waals surface area contributed by atoms with Gasteiger partial charge in [0.2, 0.25) is 6.79 Å². The lowest BCUT2D eigenvalue weighted by Crippen LogP contribution is -2.49. The maximum atomic E-state index is 13.7. The molecule has 3 aliphatic rings. The average molecular weight is 530 g/mol. The predicted octanol–water partition coefficient (Wildman–Crippen LogP) is 3.28. The number of methoxy groups -OCH3 is 1. The van der Waals surface area contributed by atoms with Gasteiger partial charge in [0.05, 0.1) is 24.4 Å². The number of anilines is 1. The van der Waals surface area contributed by atoms with Gasteiger partial charge in [0, 0.05) is 43.2 Å². The van der Waals surface area contributed by atoms with Crippen molar-refractivity contribution in [2.45, 2.75) is 37.8 Å². The van der Waals surface area contributed by atoms with E-state index >= 15 is 0 Å². The zero-order valence-corrected chi connectivity index (χ0v) is 21.9. The van der Waals surface area contributed by atoms with Gasteiger partial charge in [0.15, 0.2) is 17.3 Å². The lowest BCUT2D eigenvalue weighted by Gasteiger charge is -2.40. The molecule has 2 fully saturated rings. The standard InChI is InChI=1S/C28H31N7O4/c1-37-23-9-5-4-8-22(23)33-10-12-34(13-11-33)26(27-30-31-32-35(27)19-6-2-3-7-19)20-14-18-15-24-25(39-17-38-24)16-21(18)29-28(20)36/h4-5,8-9,14-16,19,26H,2-3,6-7,10-13,17H2,1H3,(H,29,36). The van der Waals surface area contributed by atoms with Gasteiger partial charge in [-0.2, -0.15) is 0 Å². The van der Waals surface area contributed by atoms with Crippen molar-refractivity contribution in [3.8, 4) is 17.2 Å². The predicted molar refractivity (Wildman–Crippen MR) is 145 cm³/mol. The van der Waals surface area contributed by atoms with Gasteiger partial charge in [-0.05, 0) is 47.5 Å². The number of aromatic nitrogens is 5. The Bertz CT molecular complexity index is 1550. The number of nitrogens with one attached hydrogen (secondary N) is 1. The van der Waals surface area contributed by atoms with Gasteiger partial charge >= 0.3 is 0 Å². The number of pyridine rings is 1. The van der Waals surface area contributed by atoms with Crippen LogP contribution in [0.15, 0.2) is 47.3 Å². The van der Waals surface area contributed by atoms with E-state index in [1.165, 1.54) is 0 Å². The molecule has 1 unspecified atom stereocenters. The van der Waals surface area contributed by atoms with E-state index in [0.29, 0.717) is 22.6 Å². The highest BCUT2D eigenvalue weighted by Gasteiger charge is 2.35. The number of H-pyrrole nitrogens is 1. The second kappa shape index (κ2) is 9.88. The molecule has 4 aromatic rings. The fourth-order valence-corrected chi connectivity index (χ4v) is 6.22. The molecule has 0 radical (unpaired) electrons. The minimum absolute atomic E-state index is 0.153. The zero-order chi connectivity index (χ0) is 26.3. The number of ether oxygens (including phenoxy) is 3. The van der Waals surface area contributed by atoms with Crippen LogP contribution >= 0.6 is 0 Å². The number of hydrogen-bond donors (Lipinski definition) is 1. The molecule has 1 aliphatic carbocycles. The fraction of sp³-hybridized carbons (Fsp3) is 0.429. The highest BCUT2D eigenvalue weighted by Crippen LogP contribution is 2.38. The van der Waals surface area contributed by atoms with Crippen molar-refractivity contribution >= 4 is 16.6 Å². The van der Waals surface area contributed by atoms with E-state index in [0.717, 1.165) is 74.5 Å². The molecule has 1 saturated carbocycles. The monoisotopic (exact) mass is 529 g/mol. The highest BCUT2D eigenvalue weighted by atomic mass is 16.7. The number of fused-ring (bicyclic) bond motifs is 2. The summed E-state index contributed by atoms with van der Waals surface area (Å²) in [5.41, 5.74) is 2.26. The number of piperazine rings is 1. The summed E-state index contributed by atoms with van der Waals surface area (Å²) in [6.07, 6.45) is 4.42. The number of para-hydroxylation sites is 2. The molecule has 39 heavy (non-hydrogen) atoms. The topological polar surface area (TPSA) is 111 Å². The van der Waals surface area contributed by atoms with Gasteiger partial charge in [-0.15, -0.1) is 5.10 Å². The summed E-state index contributed by atoms with van der Waals surface area (Å²) in [6, 6.07) is 13.7. The summed E-state index contributed by atoms with van der Waals surface area (Å²) in [7, 11) is 1.70. The Kier molecular flexibility index (Phi) is 6.07. The van der Waals surface area contributed by atoms with Crippen LogP contribution in [0.4, 0.5) is 5.69 Å². The Hall–Kier alpha value is -4.12. The van der Waals surface area contributed by atoms with Crippen LogP contribution in [0.2, 0.25) is 0 Å². The van der Waals surface area contributed by atoms with E-state index in [-0.39, 0.29) is 24.4 Å². The fourth-order valence-electron chi connectivity index (χ4n) is 6.22. The lowest BCUT2D eigenvalue weighted by molar-refractivity contribution is 0.174. The van der Waals surface area contributed by atoms with Gasteiger partial charge < -0.3 is 24.1 Å². The summed E-state index contributed by atoms with van der Waals surface area (Å²) < 4.78 is 18.7. The molecule has 0 spiro atoms. The lowest BCUT2D eigenvalue weighted by atomic mass is 10.0. The Morgan fingerprint density at radius 2 is 1.79 bits per heavy atom. The molecule has 7 rings (SSSR count). The van der Waals surface area contributed by atoms with Crippen LogP contribution in [0.5, 0.6) is 17.2 Å². The molecule has 1 atom stereocenters. The van der Waals surface area contributed by atoms with Gasteiger partial charge in [-0.3, -0.25) is 9.69 Å². The van der Waals surface area contributed by atoms with Crippen LogP contribution in [0.1, 0.15) is 49.2 Å². The number of nitrogens with zero attached hydrogens (tertiary/aromatic N) is 6. The molecule has 11 heteroatoms. The molecule has 2 aromatic heterocycles. The first-order valence-electron chi connectivity index (χ1n) is 13.6. The third kappa shape index (κ3) is 4.26. The molecule has 1 N–H and O–H groups in total. The van der Waals surface area contributed by atoms with Crippen LogP contribution in [-0.2, 0) is 0 Å². The van der Waals surface area contributed by atoms with Crippen molar-refractivity contribution in [3.63, 3.8) is 0 Å². The van der Waals surface area contributed by atoms with E-state index in [9.17, 15) is 4.79 Å². The first-order valence-corrected chi connectivity index (χ1v) is 13.6. The quantitative estimate of drug-likeness (QED) is 0.402. The summed E-state index contributed by atoms with van der Waals surface area (Å²) in [5.74, 6) is 2.90. The second-order valence-electron chi connectivity index (χ2n) is 10.4. The molecular weight excluding hydrogens is 498 g/mol. The van der Waals surface area contributed by atoms with Gasteiger partial charge in [-0.1, -0.05) is 25.0 Å². The maximum Gasteiger partial charge on any atom is 0.253 e. The Labute approximate surface area is 225 Å². The van der Waals surface area contributed by atoms with Crippen LogP contribution < -0.4 is 24.7 Å². The smallest absolute Gasteiger partial charge is 0.253 e. The molecule has 2 aliphatic heterocycles. The first-order chi connectivity index (χ1) is 19.2. The number of rotatable bonds is 6. The number of hydrogen-bond acceptors (Lipinski definition) is 9. The summed E-state index contributed by atoms with van der Waals surface area (Å²) >= 11 is 0. The summed E-state index contributed by atoms with van der Waals surface area (Å²) in [5, 5.41) is 13.9. The van der Waals surface area contributed by atoms with Crippen molar-refractivity contribution in [1.29, 1.82) is 0 Å². The van der Waals surface area contributed by atoms with E-state index in [4.69, 9.17) is 14.2 Å². The summed E-state index contributed by atoms with van der Waals surface area (Å²) in [6.45, 7) is 3.22. The molecule has 0 amide bonds. The largest absolute Gasteiger partial charge is 0.495 e. The first kappa shape index (κ1) is 24.0. The van der Waals surface area contributed by atoms with E-state index < -0.39 is 0 Å². The highest BCUT2D eigenvalue weighted by molar-refractivity contribution is 5.83. The Balaban J connectivity index is 1.28. The molecular formula is C28H31N7O4. The number of tetrazole rings is 1. The Morgan fingerprint density at radius 1 is 1.03 bits per heavy atom. The molecule has 0 bridgehead atoms. The summed E-state index contributed by atoms with van der Waals surface area (Å²) in [4.78, 5) is 21.4. The minimum atomic E-state index is -0.390. The maximum absolute atomic E-state index is 13.7. The van der Waals surface area contributed by atoms with Crippen molar-refractivity contribution in [3.05, 3.63) is 64.2 Å². The third-order valence-electron chi connectivity index (χ3n) is 8.20. The second-order valence-corrected chi connectivity index (χ2v) is 10.4. The van der Waals surface area contributed by atoms with Gasteiger partial charge in [0.25, 0.3) is 5.56 Å². The van der Waals surface area contributed by atoms with Gasteiger partial charge in [-0.25, -0.2) is 4.68 Å². The number of aromatic amines is 1. The molecule has 202 valence electrons. The van der Waals surface area contributed by atoms with Crippen molar-refractivity contribution in [2.24, 2.45) is 0 Å². The van der Waals surface area contributed by atoms with Crippen LogP contribution in [0, 0.1) is 0 Å². The molecule has 2 aromatic carbocycles. The van der Waals surface area contributed by atoms with E-state index in [1.54, 1.807) is 7.11 Å². The van der Waals surface area contributed by atoms with Crippen LogP contribution in [0.3, 0.4) is 0 Å². The molecule has 11 nitrogen and oxygen atoms in total. The van der Waals surface area contributed by atoms with E-state index in [2.05, 4.69) is 36.4 Å². The van der Waals surface area contributed by atoms with Crippen molar-refractivity contribution in [2.75, 3.05) is 45.0 Å². The molecule has 1 saturated heterocycles. The van der Waals surface area contributed by atoms with Crippen molar-refractivity contribution in [1.82, 2.24) is 30.1 Å². The normalized spacial score (nSPS) is 18.6. The zero-order valence-electron chi connectivity index (χ0n) is 21.9. The average Bonchev–Trinajstić information content (AvgIpc) is 3.75. The number of benzene rings is 2. The SMILES string of the molecule is COc1ccccc1N1CCN(C(c2cc3cc4c(cc3[nH]c2=O)OCO4)c2nnnn2C2CCCC2)CC1. The third-order valence-corrected chi connectivity index (χ3v) is 8.20. The Morgan fingerprint density at radius 3 is 2.59 bits per heavy atom. The van der Waals surface area contributed by atoms with Gasteiger partial charge in [0.1, 0.15) is 11.8 Å². The minimum Gasteiger partial charge on any atom is -0.495 e. The van der Waals surface area contributed by atoms with Crippen LogP contribution in [0.25, 0.3) is 10.9 Å². The van der Waals surface area contributed by atoms with Crippen molar-refractivity contribution < 1.29 is 14.2 Å².